The van der Waals surface area contributed by atoms with Crippen molar-refractivity contribution < 1.29 is 0 Å². The van der Waals surface area contributed by atoms with E-state index in [4.69, 9.17) is 11.6 Å². The van der Waals surface area contributed by atoms with Crippen molar-refractivity contribution in [3.8, 4) is 0 Å². The second-order valence-electron chi connectivity index (χ2n) is 8.24. The molecule has 0 bridgehead atoms. The van der Waals surface area contributed by atoms with Gasteiger partial charge >= 0.3 is 0 Å². The molecule has 0 saturated carbocycles. The SMILES string of the molecule is CN=C(NCCCN1CCN(c2cccc(Cl)c2)CC1)NC1CCCn2nc(C)nc21. The lowest BCUT2D eigenvalue weighted by molar-refractivity contribution is 0.255. The van der Waals surface area contributed by atoms with E-state index in [0.29, 0.717) is 0 Å². The molecule has 2 aromatic rings. The summed E-state index contributed by atoms with van der Waals surface area (Å²) in [5.41, 5.74) is 1.22. The highest BCUT2D eigenvalue weighted by atomic mass is 35.5. The number of hydrogen-bond donors (Lipinski definition) is 2. The third-order valence-electron chi connectivity index (χ3n) is 6.00. The number of aliphatic imine (C=N–C) groups is 1. The zero-order valence-corrected chi connectivity index (χ0v) is 19.3. The molecule has 2 N–H and O–H groups in total. The molecule has 0 aliphatic carbocycles. The van der Waals surface area contributed by atoms with Gasteiger partial charge in [-0.3, -0.25) is 9.89 Å². The molecule has 1 fully saturated rings. The maximum atomic E-state index is 6.14. The van der Waals surface area contributed by atoms with E-state index in [1.807, 2.05) is 30.8 Å². The van der Waals surface area contributed by atoms with Gasteiger partial charge in [0, 0.05) is 57.0 Å². The number of guanidine groups is 1. The minimum absolute atomic E-state index is 0.167. The third kappa shape index (κ3) is 5.68. The standard InChI is InChI=1S/C22H33ClN8/c1-17-26-21-20(8-4-11-31(21)28-17)27-22(24-2)25-9-5-10-29-12-14-30(15-13-29)19-7-3-6-18(23)16-19/h3,6-7,16,20H,4-5,8-15H2,1-2H3,(H2,24,25,27). The first-order chi connectivity index (χ1) is 15.1. The van der Waals surface area contributed by atoms with Gasteiger partial charge in [0.1, 0.15) is 11.6 Å². The van der Waals surface area contributed by atoms with Crippen LogP contribution < -0.4 is 15.5 Å². The van der Waals surface area contributed by atoms with Crippen LogP contribution in [0.3, 0.4) is 0 Å². The van der Waals surface area contributed by atoms with E-state index in [1.54, 1.807) is 0 Å². The predicted molar refractivity (Wildman–Crippen MR) is 126 cm³/mol. The van der Waals surface area contributed by atoms with Crippen LogP contribution in [0.5, 0.6) is 0 Å². The number of aromatic nitrogens is 3. The summed E-state index contributed by atoms with van der Waals surface area (Å²) >= 11 is 6.14. The lowest BCUT2D eigenvalue weighted by Crippen LogP contribution is -2.47. The van der Waals surface area contributed by atoms with Gasteiger partial charge in [-0.1, -0.05) is 17.7 Å². The molecule has 4 rings (SSSR count). The van der Waals surface area contributed by atoms with Gasteiger partial charge in [0.2, 0.25) is 0 Å². The Morgan fingerprint density at radius 2 is 2.06 bits per heavy atom. The van der Waals surface area contributed by atoms with Gasteiger partial charge in [-0.05, 0) is 50.9 Å². The largest absolute Gasteiger partial charge is 0.369 e. The van der Waals surface area contributed by atoms with Gasteiger partial charge in [-0.25, -0.2) is 9.67 Å². The van der Waals surface area contributed by atoms with Crippen LogP contribution in [0.15, 0.2) is 29.3 Å². The molecule has 1 saturated heterocycles. The topological polar surface area (TPSA) is 73.6 Å². The Kier molecular flexibility index (Phi) is 7.29. The van der Waals surface area contributed by atoms with E-state index in [0.717, 1.165) is 87.7 Å². The molecule has 0 radical (unpaired) electrons. The van der Waals surface area contributed by atoms with E-state index in [-0.39, 0.29) is 6.04 Å². The molecular formula is C22H33ClN8. The van der Waals surface area contributed by atoms with Crippen molar-refractivity contribution in [2.24, 2.45) is 4.99 Å². The molecule has 1 atom stereocenters. The maximum Gasteiger partial charge on any atom is 0.191 e. The quantitative estimate of drug-likeness (QED) is 0.405. The highest BCUT2D eigenvalue weighted by Gasteiger charge is 2.24. The minimum Gasteiger partial charge on any atom is -0.369 e. The summed E-state index contributed by atoms with van der Waals surface area (Å²) in [6.45, 7) is 9.12. The Morgan fingerprint density at radius 1 is 1.23 bits per heavy atom. The van der Waals surface area contributed by atoms with Crippen LogP contribution in [0.2, 0.25) is 5.02 Å². The maximum absolute atomic E-state index is 6.14. The van der Waals surface area contributed by atoms with E-state index in [2.05, 4.69) is 47.6 Å². The fraction of sp³-hybridized carbons (Fsp3) is 0.591. The molecule has 3 heterocycles. The minimum atomic E-state index is 0.167. The first kappa shape index (κ1) is 21.9. The Labute approximate surface area is 189 Å². The third-order valence-corrected chi connectivity index (χ3v) is 6.24. The summed E-state index contributed by atoms with van der Waals surface area (Å²) in [5, 5.41) is 12.3. The van der Waals surface area contributed by atoms with Gasteiger partial charge in [0.15, 0.2) is 5.96 Å². The van der Waals surface area contributed by atoms with Gasteiger partial charge in [-0.15, -0.1) is 0 Å². The zero-order chi connectivity index (χ0) is 21.6. The monoisotopic (exact) mass is 444 g/mol. The number of rotatable bonds is 6. The number of nitrogens with one attached hydrogen (secondary N) is 2. The number of nitrogens with zero attached hydrogens (tertiary/aromatic N) is 6. The predicted octanol–water partition coefficient (Wildman–Crippen LogP) is 2.45. The van der Waals surface area contributed by atoms with Crippen LogP contribution in [0.1, 0.15) is 37.0 Å². The van der Waals surface area contributed by atoms with Crippen molar-refractivity contribution in [2.75, 3.05) is 51.2 Å². The summed E-state index contributed by atoms with van der Waals surface area (Å²) in [6, 6.07) is 8.31. The molecule has 31 heavy (non-hydrogen) atoms. The summed E-state index contributed by atoms with van der Waals surface area (Å²) in [5.74, 6) is 2.69. The number of halogens is 1. The van der Waals surface area contributed by atoms with E-state index < -0.39 is 0 Å². The highest BCUT2D eigenvalue weighted by Crippen LogP contribution is 2.23. The van der Waals surface area contributed by atoms with E-state index in [9.17, 15) is 0 Å². The zero-order valence-electron chi connectivity index (χ0n) is 18.5. The molecule has 0 amide bonds. The van der Waals surface area contributed by atoms with Crippen molar-refractivity contribution in [1.82, 2.24) is 30.3 Å². The van der Waals surface area contributed by atoms with Crippen molar-refractivity contribution >= 4 is 23.2 Å². The van der Waals surface area contributed by atoms with Gasteiger partial charge < -0.3 is 15.5 Å². The van der Waals surface area contributed by atoms with Gasteiger partial charge in [0.25, 0.3) is 0 Å². The number of aryl methyl sites for hydroxylation is 2. The summed E-state index contributed by atoms with van der Waals surface area (Å²) in [4.78, 5) is 13.9. The van der Waals surface area contributed by atoms with Gasteiger partial charge in [0.05, 0.1) is 6.04 Å². The van der Waals surface area contributed by atoms with Crippen LogP contribution in [0, 0.1) is 6.92 Å². The number of benzene rings is 1. The fourth-order valence-electron chi connectivity index (χ4n) is 4.38. The molecule has 1 unspecified atom stereocenters. The first-order valence-corrected chi connectivity index (χ1v) is 11.6. The molecule has 2 aliphatic rings. The normalized spacial score (nSPS) is 19.9. The Morgan fingerprint density at radius 3 is 2.84 bits per heavy atom. The van der Waals surface area contributed by atoms with Crippen molar-refractivity contribution in [2.45, 2.75) is 38.8 Å². The summed E-state index contributed by atoms with van der Waals surface area (Å²) in [6.07, 6.45) is 3.24. The Balaban J connectivity index is 1.17. The average Bonchev–Trinajstić information content (AvgIpc) is 3.17. The van der Waals surface area contributed by atoms with Crippen LogP contribution in [-0.4, -0.2) is 71.9 Å². The van der Waals surface area contributed by atoms with Crippen LogP contribution in [-0.2, 0) is 6.54 Å². The molecule has 8 nitrogen and oxygen atoms in total. The molecule has 1 aromatic carbocycles. The molecule has 0 spiro atoms. The number of fused-ring (bicyclic) bond motifs is 1. The van der Waals surface area contributed by atoms with E-state index in [1.165, 1.54) is 5.69 Å². The lowest BCUT2D eigenvalue weighted by atomic mass is 10.1. The molecule has 9 heteroatoms. The molecule has 1 aromatic heterocycles. The number of piperazine rings is 1. The van der Waals surface area contributed by atoms with Crippen LogP contribution >= 0.6 is 11.6 Å². The number of anilines is 1. The van der Waals surface area contributed by atoms with Crippen molar-refractivity contribution in [3.05, 3.63) is 40.9 Å². The molecule has 2 aliphatic heterocycles. The average molecular weight is 445 g/mol. The van der Waals surface area contributed by atoms with Crippen molar-refractivity contribution in [3.63, 3.8) is 0 Å². The fourth-order valence-corrected chi connectivity index (χ4v) is 4.56. The highest BCUT2D eigenvalue weighted by molar-refractivity contribution is 6.30. The van der Waals surface area contributed by atoms with Crippen molar-refractivity contribution in [1.29, 1.82) is 0 Å². The Bertz CT molecular complexity index is 887. The van der Waals surface area contributed by atoms with Crippen LogP contribution in [0.4, 0.5) is 5.69 Å². The lowest BCUT2D eigenvalue weighted by Gasteiger charge is -2.36. The molecule has 168 valence electrons. The van der Waals surface area contributed by atoms with E-state index >= 15 is 0 Å². The second-order valence-corrected chi connectivity index (χ2v) is 8.68. The smallest absolute Gasteiger partial charge is 0.191 e. The molecular weight excluding hydrogens is 412 g/mol. The second kappa shape index (κ2) is 10.3. The number of hydrogen-bond acceptors (Lipinski definition) is 5. The summed E-state index contributed by atoms with van der Waals surface area (Å²) < 4.78 is 2.02. The van der Waals surface area contributed by atoms with Gasteiger partial charge in [-0.2, -0.15) is 5.10 Å². The van der Waals surface area contributed by atoms with Crippen LogP contribution in [0.25, 0.3) is 0 Å². The Hall–Kier alpha value is -2.32. The first-order valence-electron chi connectivity index (χ1n) is 11.2. The summed E-state index contributed by atoms with van der Waals surface area (Å²) in [7, 11) is 1.82.